The van der Waals surface area contributed by atoms with Gasteiger partial charge in [-0.15, -0.1) is 0 Å². The minimum absolute atomic E-state index is 0.0129. The van der Waals surface area contributed by atoms with Crippen molar-refractivity contribution >= 4 is 29.2 Å². The van der Waals surface area contributed by atoms with Crippen LogP contribution in [0.2, 0.25) is 5.02 Å². The van der Waals surface area contributed by atoms with Crippen LogP contribution >= 0.6 is 11.6 Å². The average molecular weight is 392 g/mol. The summed E-state index contributed by atoms with van der Waals surface area (Å²) in [5, 5.41) is 3.22. The molecule has 2 rings (SSSR count). The Bertz CT molecular complexity index is 763. The second kappa shape index (κ2) is 10.4. The first-order valence-electron chi connectivity index (χ1n) is 8.60. The summed E-state index contributed by atoms with van der Waals surface area (Å²) >= 11 is 5.80. The molecule has 0 aliphatic rings. The fraction of sp³-hybridized carbons (Fsp3) is 0.300. The molecule has 27 heavy (non-hydrogen) atoms. The summed E-state index contributed by atoms with van der Waals surface area (Å²) in [5.41, 5.74) is 0.572. The van der Waals surface area contributed by atoms with Gasteiger partial charge in [-0.25, -0.2) is 0 Å². The van der Waals surface area contributed by atoms with Crippen LogP contribution in [0, 0.1) is 0 Å². The van der Waals surface area contributed by atoms with E-state index in [1.807, 2.05) is 19.1 Å². The van der Waals surface area contributed by atoms with Crippen LogP contribution in [0.4, 0.5) is 5.69 Å². The first kappa shape index (κ1) is 20.6. The normalized spacial score (nSPS) is 11.4. The van der Waals surface area contributed by atoms with E-state index in [9.17, 15) is 9.59 Å². The summed E-state index contributed by atoms with van der Waals surface area (Å²) in [6.07, 6.45) is -0.914. The van der Waals surface area contributed by atoms with Gasteiger partial charge in [0.05, 0.1) is 19.6 Å². The van der Waals surface area contributed by atoms with Crippen LogP contribution in [0.5, 0.6) is 11.5 Å². The number of para-hydroxylation sites is 2. The van der Waals surface area contributed by atoms with Crippen molar-refractivity contribution in [2.24, 2.45) is 0 Å². The Kier molecular flexibility index (Phi) is 7.95. The minimum atomic E-state index is -0.927. The lowest BCUT2D eigenvalue weighted by Crippen LogP contribution is -2.30. The Hall–Kier alpha value is -2.73. The monoisotopic (exact) mass is 391 g/mol. The predicted molar refractivity (Wildman–Crippen MR) is 103 cm³/mol. The van der Waals surface area contributed by atoms with E-state index in [1.54, 1.807) is 36.4 Å². The van der Waals surface area contributed by atoms with Gasteiger partial charge >= 0.3 is 5.97 Å². The highest BCUT2D eigenvalue weighted by atomic mass is 35.5. The number of halogens is 1. The smallest absolute Gasteiger partial charge is 0.310 e. The number of rotatable bonds is 9. The van der Waals surface area contributed by atoms with Crippen LogP contribution in [-0.4, -0.2) is 31.2 Å². The quantitative estimate of drug-likeness (QED) is 0.652. The number of hydrogen-bond donors (Lipinski definition) is 1. The molecule has 0 bridgehead atoms. The molecule has 0 aromatic heterocycles. The van der Waals surface area contributed by atoms with Gasteiger partial charge in [0.2, 0.25) is 0 Å². The van der Waals surface area contributed by atoms with Crippen LogP contribution in [0.3, 0.4) is 0 Å². The zero-order valence-corrected chi connectivity index (χ0v) is 16.0. The summed E-state index contributed by atoms with van der Waals surface area (Å²) in [4.78, 5) is 24.0. The number of ether oxygens (including phenoxy) is 3. The molecule has 0 radical (unpaired) electrons. The number of nitrogens with one attached hydrogen (secondary N) is 1. The Morgan fingerprint density at radius 1 is 1.04 bits per heavy atom. The van der Waals surface area contributed by atoms with Gasteiger partial charge in [0.25, 0.3) is 5.91 Å². The van der Waals surface area contributed by atoms with E-state index in [0.717, 1.165) is 0 Å². The van der Waals surface area contributed by atoms with Crippen molar-refractivity contribution in [3.05, 3.63) is 53.6 Å². The van der Waals surface area contributed by atoms with Gasteiger partial charge in [-0.05, 0) is 50.2 Å². The third-order valence-corrected chi connectivity index (χ3v) is 3.75. The van der Waals surface area contributed by atoms with Crippen LogP contribution in [0.1, 0.15) is 20.3 Å². The topological polar surface area (TPSA) is 73.9 Å². The maximum absolute atomic E-state index is 12.1. The maximum Gasteiger partial charge on any atom is 0.310 e. The van der Waals surface area contributed by atoms with Crippen LogP contribution < -0.4 is 14.8 Å². The molecule has 0 spiro atoms. The highest BCUT2D eigenvalue weighted by molar-refractivity contribution is 6.30. The number of carbonyl (C=O) groups excluding carboxylic acids is 2. The second-order valence-electron chi connectivity index (χ2n) is 5.61. The molecule has 0 aliphatic carbocycles. The third kappa shape index (κ3) is 6.83. The number of esters is 1. The fourth-order valence-corrected chi connectivity index (χ4v) is 2.30. The second-order valence-corrected chi connectivity index (χ2v) is 6.04. The first-order chi connectivity index (χ1) is 13.0. The molecule has 2 aromatic carbocycles. The van der Waals surface area contributed by atoms with E-state index in [0.29, 0.717) is 28.8 Å². The summed E-state index contributed by atoms with van der Waals surface area (Å²) in [7, 11) is 0. The maximum atomic E-state index is 12.1. The molecule has 144 valence electrons. The van der Waals surface area contributed by atoms with Gasteiger partial charge in [0.1, 0.15) is 0 Å². The van der Waals surface area contributed by atoms with E-state index < -0.39 is 18.0 Å². The molecule has 1 atom stereocenters. The van der Waals surface area contributed by atoms with Crippen molar-refractivity contribution in [2.45, 2.75) is 26.4 Å². The molecular weight excluding hydrogens is 370 g/mol. The van der Waals surface area contributed by atoms with Crippen molar-refractivity contribution in [1.82, 2.24) is 0 Å². The van der Waals surface area contributed by atoms with Gasteiger partial charge in [0.15, 0.2) is 17.6 Å². The molecule has 0 saturated heterocycles. The van der Waals surface area contributed by atoms with Gasteiger partial charge < -0.3 is 19.5 Å². The van der Waals surface area contributed by atoms with Gasteiger partial charge in [-0.2, -0.15) is 0 Å². The van der Waals surface area contributed by atoms with Crippen LogP contribution in [0.15, 0.2) is 48.5 Å². The van der Waals surface area contributed by atoms with Crippen molar-refractivity contribution in [1.29, 1.82) is 0 Å². The van der Waals surface area contributed by atoms with E-state index >= 15 is 0 Å². The van der Waals surface area contributed by atoms with Crippen molar-refractivity contribution in [2.75, 3.05) is 18.5 Å². The zero-order valence-electron chi connectivity index (χ0n) is 15.2. The molecule has 6 nitrogen and oxygen atoms in total. The summed E-state index contributed by atoms with van der Waals surface area (Å²) in [6, 6.07) is 13.9. The summed E-state index contributed by atoms with van der Waals surface area (Å²) < 4.78 is 16.2. The molecule has 2 aromatic rings. The van der Waals surface area contributed by atoms with Gasteiger partial charge in [-0.3, -0.25) is 9.59 Å². The molecular formula is C20H22ClNO5. The van der Waals surface area contributed by atoms with Crippen LogP contribution in [0.25, 0.3) is 0 Å². The number of amides is 1. The number of benzene rings is 2. The first-order valence-corrected chi connectivity index (χ1v) is 8.98. The van der Waals surface area contributed by atoms with Crippen LogP contribution in [-0.2, 0) is 14.3 Å². The van der Waals surface area contributed by atoms with E-state index in [4.69, 9.17) is 25.8 Å². The molecule has 0 heterocycles. The highest BCUT2D eigenvalue weighted by Crippen LogP contribution is 2.26. The molecule has 0 saturated carbocycles. The molecule has 1 amide bonds. The molecule has 0 unspecified atom stereocenters. The van der Waals surface area contributed by atoms with Crippen molar-refractivity contribution in [3.63, 3.8) is 0 Å². The SMILES string of the molecule is CCOc1ccccc1OCCC(=O)O[C@@H](C)C(=O)Nc1ccc(Cl)cc1. The molecule has 0 aliphatic heterocycles. The Morgan fingerprint density at radius 3 is 2.30 bits per heavy atom. The Balaban J connectivity index is 1.76. The number of hydrogen-bond acceptors (Lipinski definition) is 5. The van der Waals surface area contributed by atoms with E-state index in [2.05, 4.69) is 5.32 Å². The third-order valence-electron chi connectivity index (χ3n) is 3.50. The Morgan fingerprint density at radius 2 is 1.67 bits per heavy atom. The van der Waals surface area contributed by atoms with Gasteiger partial charge in [0, 0.05) is 10.7 Å². The Labute approximate surface area is 163 Å². The lowest BCUT2D eigenvalue weighted by atomic mass is 10.3. The molecule has 1 N–H and O–H groups in total. The number of anilines is 1. The highest BCUT2D eigenvalue weighted by Gasteiger charge is 2.18. The zero-order chi connectivity index (χ0) is 19.6. The van der Waals surface area contributed by atoms with Crippen molar-refractivity contribution < 1.29 is 23.8 Å². The summed E-state index contributed by atoms with van der Waals surface area (Å²) in [5.74, 6) is 0.223. The van der Waals surface area contributed by atoms with E-state index in [1.165, 1.54) is 6.92 Å². The molecule has 0 fully saturated rings. The van der Waals surface area contributed by atoms with E-state index in [-0.39, 0.29) is 13.0 Å². The lowest BCUT2D eigenvalue weighted by Gasteiger charge is -2.14. The fourth-order valence-electron chi connectivity index (χ4n) is 2.18. The van der Waals surface area contributed by atoms with Gasteiger partial charge in [-0.1, -0.05) is 23.7 Å². The summed E-state index contributed by atoms with van der Waals surface area (Å²) in [6.45, 7) is 4.02. The van der Waals surface area contributed by atoms with Crippen molar-refractivity contribution in [3.8, 4) is 11.5 Å². The predicted octanol–water partition coefficient (Wildman–Crippen LogP) is 4.08. The minimum Gasteiger partial charge on any atom is -0.490 e. The average Bonchev–Trinajstić information content (AvgIpc) is 2.65. The molecule has 7 heteroatoms. The number of carbonyl (C=O) groups is 2. The largest absolute Gasteiger partial charge is 0.490 e. The standard InChI is InChI=1S/C20H22ClNO5/c1-3-25-17-6-4-5-7-18(17)26-13-12-19(23)27-14(2)20(24)22-16-10-8-15(21)9-11-16/h4-11,14H,3,12-13H2,1-2H3,(H,22,24)/t14-/m0/s1. The lowest BCUT2D eigenvalue weighted by molar-refractivity contribution is -0.153.